The monoisotopic (exact) mass is 354 g/mol. The molecule has 0 aliphatic carbocycles. The van der Waals surface area contributed by atoms with Crippen LogP contribution in [0.1, 0.15) is 22.8 Å². The SMILES string of the molecule is COc1ccc(Cl)cc1CC(O)c1ccc(Br)c(C)c1. The molecule has 0 radical (unpaired) electrons. The second-order valence-electron chi connectivity index (χ2n) is 4.68. The summed E-state index contributed by atoms with van der Waals surface area (Å²) in [6, 6.07) is 11.3. The van der Waals surface area contributed by atoms with Crippen molar-refractivity contribution in [2.45, 2.75) is 19.4 Å². The molecule has 0 spiro atoms. The Morgan fingerprint density at radius 1 is 1.25 bits per heavy atom. The van der Waals surface area contributed by atoms with Crippen LogP contribution in [0, 0.1) is 6.92 Å². The van der Waals surface area contributed by atoms with Crippen molar-refractivity contribution >= 4 is 27.5 Å². The molecular formula is C16H16BrClO2. The first-order chi connectivity index (χ1) is 9.51. The van der Waals surface area contributed by atoms with Gasteiger partial charge in [0.2, 0.25) is 0 Å². The highest BCUT2D eigenvalue weighted by molar-refractivity contribution is 9.10. The van der Waals surface area contributed by atoms with E-state index in [0.29, 0.717) is 11.4 Å². The Labute approximate surface area is 132 Å². The molecule has 1 N–H and O–H groups in total. The molecule has 0 fully saturated rings. The summed E-state index contributed by atoms with van der Waals surface area (Å²) in [6.45, 7) is 2.00. The number of aryl methyl sites for hydroxylation is 1. The quantitative estimate of drug-likeness (QED) is 0.861. The second kappa shape index (κ2) is 6.61. The molecule has 0 heterocycles. The Balaban J connectivity index is 2.24. The lowest BCUT2D eigenvalue weighted by atomic mass is 9.99. The van der Waals surface area contributed by atoms with Gasteiger partial charge in [0.1, 0.15) is 5.75 Å². The van der Waals surface area contributed by atoms with Gasteiger partial charge in [-0.2, -0.15) is 0 Å². The van der Waals surface area contributed by atoms with E-state index in [0.717, 1.165) is 26.9 Å². The molecule has 2 rings (SSSR count). The number of halogens is 2. The number of hydrogen-bond donors (Lipinski definition) is 1. The minimum atomic E-state index is -0.589. The number of benzene rings is 2. The van der Waals surface area contributed by atoms with Gasteiger partial charge in [-0.15, -0.1) is 0 Å². The fourth-order valence-electron chi connectivity index (χ4n) is 2.11. The minimum absolute atomic E-state index is 0.463. The van der Waals surface area contributed by atoms with Crippen LogP contribution in [0.3, 0.4) is 0 Å². The molecule has 2 aromatic carbocycles. The van der Waals surface area contributed by atoms with Crippen LogP contribution in [0.4, 0.5) is 0 Å². The third-order valence-electron chi connectivity index (χ3n) is 3.22. The van der Waals surface area contributed by atoms with Crippen molar-refractivity contribution in [3.05, 3.63) is 62.6 Å². The average molecular weight is 356 g/mol. The van der Waals surface area contributed by atoms with Gasteiger partial charge in [-0.05, 0) is 47.9 Å². The molecule has 2 aromatic rings. The van der Waals surface area contributed by atoms with Crippen LogP contribution in [-0.4, -0.2) is 12.2 Å². The molecule has 0 amide bonds. The fourth-order valence-corrected chi connectivity index (χ4v) is 2.55. The van der Waals surface area contributed by atoms with Gasteiger partial charge in [-0.1, -0.05) is 39.7 Å². The van der Waals surface area contributed by atoms with Crippen LogP contribution in [0.25, 0.3) is 0 Å². The molecule has 0 aliphatic rings. The number of methoxy groups -OCH3 is 1. The van der Waals surface area contributed by atoms with Crippen LogP contribution in [-0.2, 0) is 6.42 Å². The lowest BCUT2D eigenvalue weighted by Crippen LogP contribution is -2.04. The zero-order valence-corrected chi connectivity index (χ0v) is 13.7. The van der Waals surface area contributed by atoms with Gasteiger partial charge in [-0.25, -0.2) is 0 Å². The van der Waals surface area contributed by atoms with Crippen molar-refractivity contribution in [2.75, 3.05) is 7.11 Å². The van der Waals surface area contributed by atoms with E-state index in [-0.39, 0.29) is 0 Å². The maximum atomic E-state index is 10.4. The van der Waals surface area contributed by atoms with Crippen molar-refractivity contribution in [2.24, 2.45) is 0 Å². The third kappa shape index (κ3) is 3.54. The summed E-state index contributed by atoms with van der Waals surface area (Å²) in [4.78, 5) is 0. The molecule has 2 nitrogen and oxygen atoms in total. The Morgan fingerprint density at radius 3 is 2.65 bits per heavy atom. The Morgan fingerprint density at radius 2 is 2.00 bits per heavy atom. The van der Waals surface area contributed by atoms with E-state index in [9.17, 15) is 5.11 Å². The largest absolute Gasteiger partial charge is 0.496 e. The standard InChI is InChI=1S/C16H16BrClO2/c1-10-7-11(3-5-14(10)17)15(19)9-12-8-13(18)4-6-16(12)20-2/h3-8,15,19H,9H2,1-2H3. The summed E-state index contributed by atoms with van der Waals surface area (Å²) >= 11 is 9.46. The van der Waals surface area contributed by atoms with Crippen molar-refractivity contribution in [1.82, 2.24) is 0 Å². The first kappa shape index (κ1) is 15.4. The first-order valence-corrected chi connectivity index (χ1v) is 7.45. The summed E-state index contributed by atoms with van der Waals surface area (Å²) < 4.78 is 6.34. The highest BCUT2D eigenvalue weighted by Gasteiger charge is 2.13. The fraction of sp³-hybridized carbons (Fsp3) is 0.250. The van der Waals surface area contributed by atoms with Crippen LogP contribution in [0.2, 0.25) is 5.02 Å². The molecule has 4 heteroatoms. The van der Waals surface area contributed by atoms with Gasteiger partial charge in [0, 0.05) is 15.9 Å². The molecule has 0 saturated heterocycles. The number of aliphatic hydroxyl groups is 1. The van der Waals surface area contributed by atoms with Crippen molar-refractivity contribution in [1.29, 1.82) is 0 Å². The first-order valence-electron chi connectivity index (χ1n) is 6.28. The van der Waals surface area contributed by atoms with Gasteiger partial charge in [0.25, 0.3) is 0 Å². The molecule has 20 heavy (non-hydrogen) atoms. The van der Waals surface area contributed by atoms with Gasteiger partial charge in [0.05, 0.1) is 13.2 Å². The summed E-state index contributed by atoms with van der Waals surface area (Å²) in [5.74, 6) is 0.738. The lowest BCUT2D eigenvalue weighted by molar-refractivity contribution is 0.177. The van der Waals surface area contributed by atoms with E-state index in [2.05, 4.69) is 15.9 Å². The van der Waals surface area contributed by atoms with E-state index in [4.69, 9.17) is 16.3 Å². The van der Waals surface area contributed by atoms with E-state index in [1.165, 1.54) is 0 Å². The number of ether oxygens (including phenoxy) is 1. The Hall–Kier alpha value is -1.03. The molecule has 0 aromatic heterocycles. The topological polar surface area (TPSA) is 29.5 Å². The second-order valence-corrected chi connectivity index (χ2v) is 5.98. The summed E-state index contributed by atoms with van der Waals surface area (Å²) in [7, 11) is 1.61. The smallest absolute Gasteiger partial charge is 0.122 e. The average Bonchev–Trinajstić information content (AvgIpc) is 2.42. The van der Waals surface area contributed by atoms with Gasteiger partial charge < -0.3 is 9.84 Å². The molecule has 106 valence electrons. The molecule has 1 atom stereocenters. The number of hydrogen-bond acceptors (Lipinski definition) is 2. The Bertz CT molecular complexity index is 613. The molecule has 0 aliphatic heterocycles. The normalized spacial score (nSPS) is 12.2. The van der Waals surface area contributed by atoms with E-state index >= 15 is 0 Å². The zero-order valence-electron chi connectivity index (χ0n) is 11.4. The van der Waals surface area contributed by atoms with Crippen molar-refractivity contribution in [3.8, 4) is 5.75 Å². The highest BCUT2D eigenvalue weighted by atomic mass is 79.9. The highest BCUT2D eigenvalue weighted by Crippen LogP contribution is 2.29. The summed E-state index contributed by atoms with van der Waals surface area (Å²) in [6.07, 6.45) is -0.126. The molecule has 0 bridgehead atoms. The molecule has 1 unspecified atom stereocenters. The molecule has 0 saturated carbocycles. The van der Waals surface area contributed by atoms with Gasteiger partial charge >= 0.3 is 0 Å². The maximum absolute atomic E-state index is 10.4. The Kier molecular flexibility index (Phi) is 5.08. The maximum Gasteiger partial charge on any atom is 0.122 e. The van der Waals surface area contributed by atoms with E-state index < -0.39 is 6.10 Å². The lowest BCUT2D eigenvalue weighted by Gasteiger charge is -2.15. The predicted molar refractivity (Wildman–Crippen MR) is 85.5 cm³/mol. The minimum Gasteiger partial charge on any atom is -0.496 e. The van der Waals surface area contributed by atoms with Crippen LogP contribution in [0.5, 0.6) is 5.75 Å². The van der Waals surface area contributed by atoms with E-state index in [1.54, 1.807) is 13.2 Å². The van der Waals surface area contributed by atoms with Crippen LogP contribution < -0.4 is 4.74 Å². The third-order valence-corrected chi connectivity index (χ3v) is 4.35. The zero-order chi connectivity index (χ0) is 14.7. The van der Waals surface area contributed by atoms with Crippen molar-refractivity contribution < 1.29 is 9.84 Å². The number of aliphatic hydroxyl groups excluding tert-OH is 1. The molecular weight excluding hydrogens is 340 g/mol. The van der Waals surface area contributed by atoms with Crippen molar-refractivity contribution in [3.63, 3.8) is 0 Å². The van der Waals surface area contributed by atoms with Crippen LogP contribution >= 0.6 is 27.5 Å². The van der Waals surface area contributed by atoms with Crippen LogP contribution in [0.15, 0.2) is 40.9 Å². The predicted octanol–water partition coefficient (Wildman–Crippen LogP) is 4.70. The van der Waals surface area contributed by atoms with Gasteiger partial charge in [-0.3, -0.25) is 0 Å². The van der Waals surface area contributed by atoms with E-state index in [1.807, 2.05) is 37.3 Å². The number of rotatable bonds is 4. The summed E-state index contributed by atoms with van der Waals surface area (Å²) in [5.41, 5.74) is 2.88. The van der Waals surface area contributed by atoms with Gasteiger partial charge in [0.15, 0.2) is 0 Å². The summed E-state index contributed by atoms with van der Waals surface area (Å²) in [5, 5.41) is 11.0.